The molecular weight excluding hydrogens is 248 g/mol. The molecule has 3 N–H and O–H groups in total. The Morgan fingerprint density at radius 2 is 2.43 bits per heavy atom. The molecule has 6 heteroatoms. The summed E-state index contributed by atoms with van der Waals surface area (Å²) in [6.45, 7) is -0.124. The first kappa shape index (κ1) is 9.57. The van der Waals surface area contributed by atoms with Crippen LogP contribution in [0.3, 0.4) is 0 Å². The second-order valence-corrected chi connectivity index (χ2v) is 3.62. The maximum absolute atomic E-state index is 8.98. The van der Waals surface area contributed by atoms with E-state index in [9.17, 15) is 0 Å². The fourth-order valence-corrected chi connectivity index (χ4v) is 1.94. The molecule has 0 aliphatic rings. The molecule has 5 nitrogen and oxygen atoms in total. The van der Waals surface area contributed by atoms with E-state index in [0.717, 1.165) is 5.69 Å². The van der Waals surface area contributed by atoms with E-state index in [1.165, 1.54) is 0 Å². The third-order valence-electron chi connectivity index (χ3n) is 1.94. The number of imidazole rings is 1. The molecule has 0 aliphatic heterocycles. The summed E-state index contributed by atoms with van der Waals surface area (Å²) in [5.74, 6) is 0.568. The number of fused-ring (bicyclic) bond motifs is 1. The van der Waals surface area contributed by atoms with E-state index in [1.807, 2.05) is 6.20 Å². The average Bonchev–Trinajstić information content (AvgIpc) is 2.53. The molecule has 0 saturated heterocycles. The number of nitrogens with zero attached hydrogens (tertiary/aromatic N) is 3. The van der Waals surface area contributed by atoms with Gasteiger partial charge in [-0.15, -0.1) is 0 Å². The van der Waals surface area contributed by atoms with Crippen molar-refractivity contribution in [3.05, 3.63) is 28.8 Å². The number of halogens is 1. The van der Waals surface area contributed by atoms with E-state index < -0.39 is 6.04 Å². The first-order valence-electron chi connectivity index (χ1n) is 4.09. The van der Waals surface area contributed by atoms with Gasteiger partial charge in [0, 0.05) is 12.4 Å². The number of rotatable bonds is 2. The van der Waals surface area contributed by atoms with Gasteiger partial charge in [-0.05, 0) is 22.0 Å². The van der Waals surface area contributed by atoms with Gasteiger partial charge in [0.15, 0.2) is 0 Å². The lowest BCUT2D eigenvalue weighted by Gasteiger charge is -2.07. The summed E-state index contributed by atoms with van der Waals surface area (Å²) in [6.07, 6.45) is 3.47. The van der Waals surface area contributed by atoms with E-state index in [2.05, 4.69) is 25.9 Å². The van der Waals surface area contributed by atoms with Crippen molar-refractivity contribution < 1.29 is 5.11 Å². The minimum absolute atomic E-state index is 0.124. The van der Waals surface area contributed by atoms with Gasteiger partial charge in [0.25, 0.3) is 0 Å². The molecule has 0 bridgehead atoms. The van der Waals surface area contributed by atoms with Gasteiger partial charge in [0.2, 0.25) is 5.78 Å². The lowest BCUT2D eigenvalue weighted by atomic mass is 10.2. The Bertz CT molecular complexity index is 456. The molecule has 1 unspecified atom stereocenters. The molecule has 74 valence electrons. The van der Waals surface area contributed by atoms with Crippen LogP contribution in [-0.2, 0) is 0 Å². The summed E-state index contributed by atoms with van der Waals surface area (Å²) >= 11 is 3.29. The van der Waals surface area contributed by atoms with Gasteiger partial charge in [-0.1, -0.05) is 0 Å². The van der Waals surface area contributed by atoms with E-state index in [0.29, 0.717) is 10.4 Å². The highest BCUT2D eigenvalue weighted by molar-refractivity contribution is 9.10. The molecule has 0 fully saturated rings. The number of hydrogen-bond acceptors (Lipinski definition) is 4. The monoisotopic (exact) mass is 256 g/mol. The van der Waals surface area contributed by atoms with Gasteiger partial charge in [-0.2, -0.15) is 0 Å². The van der Waals surface area contributed by atoms with Gasteiger partial charge < -0.3 is 10.8 Å². The SMILES string of the molecule is NC(CO)c1c(Br)nc2ncccn12. The summed E-state index contributed by atoms with van der Waals surface area (Å²) in [5, 5.41) is 8.98. The van der Waals surface area contributed by atoms with Gasteiger partial charge in [0.1, 0.15) is 4.60 Å². The van der Waals surface area contributed by atoms with Crippen molar-refractivity contribution in [2.45, 2.75) is 6.04 Å². The molecule has 2 aromatic heterocycles. The molecule has 0 spiro atoms. The molecule has 0 aromatic carbocycles. The largest absolute Gasteiger partial charge is 0.394 e. The standard InChI is InChI=1S/C8H9BrN4O/c9-7-6(5(10)4-14)13-3-1-2-11-8(13)12-7/h1-3,5,14H,4,10H2. The topological polar surface area (TPSA) is 76.4 Å². The molecule has 1 atom stereocenters. The van der Waals surface area contributed by atoms with Crippen LogP contribution >= 0.6 is 15.9 Å². The van der Waals surface area contributed by atoms with Crippen LogP contribution in [0, 0.1) is 0 Å². The fourth-order valence-electron chi connectivity index (χ4n) is 1.30. The number of hydrogen-bond donors (Lipinski definition) is 2. The van der Waals surface area contributed by atoms with Crippen LogP contribution in [0.2, 0.25) is 0 Å². The Morgan fingerprint density at radius 3 is 3.14 bits per heavy atom. The third kappa shape index (κ3) is 1.41. The Hall–Kier alpha value is -0.980. The molecule has 0 saturated carbocycles. The van der Waals surface area contributed by atoms with Crippen LogP contribution in [0.4, 0.5) is 0 Å². The average molecular weight is 257 g/mol. The zero-order valence-electron chi connectivity index (χ0n) is 7.26. The van der Waals surface area contributed by atoms with Crippen molar-refractivity contribution in [2.75, 3.05) is 6.61 Å². The fraction of sp³-hybridized carbons (Fsp3) is 0.250. The quantitative estimate of drug-likeness (QED) is 0.820. The molecule has 2 aromatic rings. The highest BCUT2D eigenvalue weighted by atomic mass is 79.9. The predicted octanol–water partition coefficient (Wildman–Crippen LogP) is 0.484. The Balaban J connectivity index is 2.67. The summed E-state index contributed by atoms with van der Waals surface area (Å²) in [6, 6.07) is 1.33. The maximum atomic E-state index is 8.98. The molecule has 0 aliphatic carbocycles. The van der Waals surface area contributed by atoms with Crippen LogP contribution in [0.1, 0.15) is 11.7 Å². The van der Waals surface area contributed by atoms with Gasteiger partial charge in [-0.25, -0.2) is 9.97 Å². The summed E-state index contributed by atoms with van der Waals surface area (Å²) in [7, 11) is 0. The number of aliphatic hydroxyl groups excluding tert-OH is 1. The van der Waals surface area contributed by atoms with Gasteiger partial charge in [0.05, 0.1) is 18.3 Å². The normalized spacial score (nSPS) is 13.4. The zero-order chi connectivity index (χ0) is 10.1. The van der Waals surface area contributed by atoms with Gasteiger partial charge >= 0.3 is 0 Å². The Labute approximate surface area is 88.7 Å². The first-order chi connectivity index (χ1) is 6.74. The number of aliphatic hydroxyl groups is 1. The van der Waals surface area contributed by atoms with Crippen LogP contribution in [-0.4, -0.2) is 26.1 Å². The molecule has 0 radical (unpaired) electrons. The molecular formula is C8H9BrN4O. The highest BCUT2D eigenvalue weighted by Crippen LogP contribution is 2.21. The Morgan fingerprint density at radius 1 is 1.64 bits per heavy atom. The summed E-state index contributed by atoms with van der Waals surface area (Å²) in [4.78, 5) is 8.22. The van der Waals surface area contributed by atoms with Crippen LogP contribution in [0.5, 0.6) is 0 Å². The lowest BCUT2D eigenvalue weighted by molar-refractivity contribution is 0.265. The molecule has 0 amide bonds. The van der Waals surface area contributed by atoms with Crippen molar-refractivity contribution in [3.8, 4) is 0 Å². The minimum atomic E-state index is -0.455. The van der Waals surface area contributed by atoms with Crippen LogP contribution < -0.4 is 5.73 Å². The second kappa shape index (κ2) is 3.64. The first-order valence-corrected chi connectivity index (χ1v) is 4.88. The molecule has 2 rings (SSSR count). The van der Waals surface area contributed by atoms with Crippen LogP contribution in [0.25, 0.3) is 5.78 Å². The Kier molecular flexibility index (Phi) is 2.49. The minimum Gasteiger partial charge on any atom is -0.394 e. The highest BCUT2D eigenvalue weighted by Gasteiger charge is 2.16. The van der Waals surface area contributed by atoms with Crippen molar-refractivity contribution in [1.82, 2.24) is 14.4 Å². The smallest absolute Gasteiger partial charge is 0.235 e. The molecule has 14 heavy (non-hydrogen) atoms. The van der Waals surface area contributed by atoms with Crippen molar-refractivity contribution in [1.29, 1.82) is 0 Å². The third-order valence-corrected chi connectivity index (χ3v) is 2.53. The predicted molar refractivity (Wildman–Crippen MR) is 54.7 cm³/mol. The lowest BCUT2D eigenvalue weighted by Crippen LogP contribution is -2.17. The van der Waals surface area contributed by atoms with E-state index >= 15 is 0 Å². The maximum Gasteiger partial charge on any atom is 0.235 e. The van der Waals surface area contributed by atoms with Crippen molar-refractivity contribution in [2.24, 2.45) is 5.73 Å². The van der Waals surface area contributed by atoms with E-state index in [1.54, 1.807) is 16.7 Å². The summed E-state index contributed by atoms with van der Waals surface area (Å²) in [5.41, 5.74) is 6.47. The second-order valence-electron chi connectivity index (χ2n) is 2.87. The van der Waals surface area contributed by atoms with Crippen molar-refractivity contribution in [3.63, 3.8) is 0 Å². The van der Waals surface area contributed by atoms with E-state index in [4.69, 9.17) is 10.8 Å². The van der Waals surface area contributed by atoms with Crippen molar-refractivity contribution >= 4 is 21.7 Å². The number of nitrogens with two attached hydrogens (primary N) is 1. The number of aromatic nitrogens is 3. The summed E-state index contributed by atoms with van der Waals surface area (Å²) < 4.78 is 2.38. The van der Waals surface area contributed by atoms with E-state index in [-0.39, 0.29) is 6.61 Å². The zero-order valence-corrected chi connectivity index (χ0v) is 8.85. The van der Waals surface area contributed by atoms with Crippen LogP contribution in [0.15, 0.2) is 23.1 Å². The molecule has 2 heterocycles. The van der Waals surface area contributed by atoms with Gasteiger partial charge in [-0.3, -0.25) is 4.40 Å².